The topological polar surface area (TPSA) is 11.4 Å². The molecule has 0 spiro atoms. The third-order valence-corrected chi connectivity index (χ3v) is 10.8. The minimum atomic E-state index is 0.943. The molecule has 0 aliphatic carbocycles. The van der Waals surface area contributed by atoms with Crippen LogP contribution in [-0.4, -0.2) is 4.57 Å². The molecule has 1 aromatic heterocycles. The summed E-state index contributed by atoms with van der Waals surface area (Å²) in [6, 6.07) is 67.5. The molecule has 0 unspecified atom stereocenters. The molecular formula is C55H43N3. The molecule has 1 aliphatic heterocycles. The zero-order valence-electron chi connectivity index (χ0n) is 32.5. The van der Waals surface area contributed by atoms with Gasteiger partial charge in [-0.25, -0.2) is 0 Å². The van der Waals surface area contributed by atoms with Gasteiger partial charge in [0.15, 0.2) is 0 Å². The third-order valence-electron chi connectivity index (χ3n) is 10.8. The van der Waals surface area contributed by atoms with Gasteiger partial charge < -0.3 is 14.4 Å². The van der Waals surface area contributed by atoms with Crippen molar-refractivity contribution in [1.82, 2.24) is 4.57 Å². The van der Waals surface area contributed by atoms with E-state index in [4.69, 9.17) is 0 Å². The first-order valence-corrected chi connectivity index (χ1v) is 19.7. The highest BCUT2D eigenvalue weighted by Gasteiger charge is 2.29. The van der Waals surface area contributed by atoms with Crippen molar-refractivity contribution in [1.29, 1.82) is 0 Å². The van der Waals surface area contributed by atoms with Crippen LogP contribution in [0.4, 0.5) is 28.4 Å². The van der Waals surface area contributed by atoms with Crippen molar-refractivity contribution in [2.75, 3.05) is 9.80 Å². The van der Waals surface area contributed by atoms with Crippen molar-refractivity contribution < 1.29 is 0 Å². The minimum Gasteiger partial charge on any atom is -0.309 e. The maximum absolute atomic E-state index is 4.64. The zero-order chi connectivity index (χ0) is 39.4. The van der Waals surface area contributed by atoms with Crippen LogP contribution in [-0.2, 0) is 0 Å². The number of hydrogen-bond acceptors (Lipinski definition) is 2. The maximum atomic E-state index is 4.64. The SMILES string of the molecule is C=C/C=C\C=C/C.C=C1c2ccccc2N(c2ccc(-c3ccc4c(c3)c3c5ccccc5ccc3n4-c3ccccc3)cc2)c2ccccc2N1c1ccccc1. The van der Waals surface area contributed by atoms with Crippen LogP contribution in [0.5, 0.6) is 0 Å². The number of hydrogen-bond donors (Lipinski definition) is 0. The molecule has 0 saturated heterocycles. The Morgan fingerprint density at radius 1 is 0.448 bits per heavy atom. The lowest BCUT2D eigenvalue weighted by atomic mass is 9.99. The quantitative estimate of drug-likeness (QED) is 0.157. The fourth-order valence-electron chi connectivity index (χ4n) is 8.18. The van der Waals surface area contributed by atoms with E-state index in [2.05, 4.69) is 216 Å². The fourth-order valence-corrected chi connectivity index (χ4v) is 8.18. The predicted molar refractivity (Wildman–Crippen MR) is 250 cm³/mol. The van der Waals surface area contributed by atoms with E-state index in [0.717, 1.165) is 45.4 Å². The Morgan fingerprint density at radius 3 is 1.76 bits per heavy atom. The number of allylic oxidation sites excluding steroid dienone is 5. The molecule has 58 heavy (non-hydrogen) atoms. The molecule has 0 N–H and O–H groups in total. The largest absolute Gasteiger partial charge is 0.309 e. The van der Waals surface area contributed by atoms with Gasteiger partial charge >= 0.3 is 0 Å². The summed E-state index contributed by atoms with van der Waals surface area (Å²) in [5, 5.41) is 5.05. The third kappa shape index (κ3) is 6.49. The van der Waals surface area contributed by atoms with Gasteiger partial charge in [-0.3, -0.25) is 0 Å². The normalized spacial score (nSPS) is 12.5. The summed E-state index contributed by atoms with van der Waals surface area (Å²) >= 11 is 0. The molecule has 3 heteroatoms. The number of fused-ring (bicyclic) bond motifs is 7. The van der Waals surface area contributed by atoms with Crippen LogP contribution in [0.3, 0.4) is 0 Å². The van der Waals surface area contributed by atoms with E-state index in [-0.39, 0.29) is 0 Å². The molecule has 2 heterocycles. The Bertz CT molecular complexity index is 2990. The van der Waals surface area contributed by atoms with Crippen molar-refractivity contribution in [3.05, 3.63) is 237 Å². The van der Waals surface area contributed by atoms with E-state index < -0.39 is 0 Å². The zero-order valence-corrected chi connectivity index (χ0v) is 32.5. The van der Waals surface area contributed by atoms with Crippen molar-refractivity contribution in [3.63, 3.8) is 0 Å². The van der Waals surface area contributed by atoms with Crippen LogP contribution in [0.2, 0.25) is 0 Å². The first kappa shape index (κ1) is 36.0. The van der Waals surface area contributed by atoms with Gasteiger partial charge in [0, 0.05) is 39.1 Å². The Balaban J connectivity index is 0.000000573. The Morgan fingerprint density at radius 2 is 1.03 bits per heavy atom. The van der Waals surface area contributed by atoms with E-state index in [0.29, 0.717) is 0 Å². The number of aromatic nitrogens is 1. The highest BCUT2D eigenvalue weighted by atomic mass is 15.2. The average Bonchev–Trinajstić information content (AvgIpc) is 3.57. The smallest absolute Gasteiger partial charge is 0.0702 e. The first-order valence-electron chi connectivity index (χ1n) is 19.7. The minimum absolute atomic E-state index is 0.943. The van der Waals surface area contributed by atoms with Crippen LogP contribution >= 0.6 is 0 Å². The van der Waals surface area contributed by atoms with Gasteiger partial charge in [-0.2, -0.15) is 0 Å². The molecule has 1 aliphatic rings. The van der Waals surface area contributed by atoms with Crippen molar-refractivity contribution >= 4 is 66.7 Å². The van der Waals surface area contributed by atoms with E-state index in [1.807, 2.05) is 31.2 Å². The summed E-state index contributed by atoms with van der Waals surface area (Å²) in [5.74, 6) is 0. The Hall–Kier alpha value is -7.62. The first-order chi connectivity index (χ1) is 28.7. The van der Waals surface area contributed by atoms with Crippen LogP contribution in [0, 0.1) is 0 Å². The van der Waals surface area contributed by atoms with Crippen molar-refractivity contribution in [2.24, 2.45) is 0 Å². The number of rotatable bonds is 6. The molecule has 9 aromatic rings. The second-order valence-corrected chi connectivity index (χ2v) is 14.2. The number of nitrogens with zero attached hydrogens (tertiary/aromatic N) is 3. The van der Waals surface area contributed by atoms with Crippen molar-refractivity contribution in [3.8, 4) is 16.8 Å². The number of anilines is 5. The van der Waals surface area contributed by atoms with Gasteiger partial charge in [0.2, 0.25) is 0 Å². The summed E-state index contributed by atoms with van der Waals surface area (Å²) < 4.78 is 2.39. The van der Waals surface area contributed by atoms with Gasteiger partial charge in [0.05, 0.1) is 28.1 Å². The summed E-state index contributed by atoms with van der Waals surface area (Å²) in [6.07, 6.45) is 9.51. The van der Waals surface area contributed by atoms with E-state index in [9.17, 15) is 0 Å². The fraction of sp³-hybridized carbons (Fsp3) is 0.0182. The standard InChI is InChI=1S/C48H33N3.C7H10/c1-33-40-19-10-11-21-43(40)50(46-23-13-12-22-45(46)49(33)37-15-4-2-5-16-37)39-28-24-34(25-29-39)36-27-30-44-42(32-36)48-41-20-9-8-14-35(41)26-31-47(48)51(44)38-17-6-3-7-18-38;1-3-5-7-6-4-2/h2-32H,1H2;3-7H,1H2,2H3/b;6-4-,7-5-. The Kier molecular flexibility index (Phi) is 9.85. The van der Waals surface area contributed by atoms with E-state index >= 15 is 0 Å². The number of para-hydroxylation sites is 5. The molecule has 10 rings (SSSR count). The summed E-state index contributed by atoms with van der Waals surface area (Å²) in [6.45, 7) is 10.1. The van der Waals surface area contributed by atoms with Gasteiger partial charge in [-0.15, -0.1) is 0 Å². The molecule has 0 radical (unpaired) electrons. The molecule has 278 valence electrons. The molecule has 8 aromatic carbocycles. The lowest BCUT2D eigenvalue weighted by molar-refractivity contribution is 1.18. The van der Waals surface area contributed by atoms with Crippen LogP contribution in [0.1, 0.15) is 12.5 Å². The molecule has 0 saturated carbocycles. The molecular weight excluding hydrogens is 703 g/mol. The highest BCUT2D eigenvalue weighted by molar-refractivity contribution is 6.22. The maximum Gasteiger partial charge on any atom is 0.0702 e. The van der Waals surface area contributed by atoms with Gasteiger partial charge in [0.25, 0.3) is 0 Å². The highest BCUT2D eigenvalue weighted by Crippen LogP contribution is 2.50. The van der Waals surface area contributed by atoms with Crippen molar-refractivity contribution in [2.45, 2.75) is 6.92 Å². The van der Waals surface area contributed by atoms with Crippen LogP contribution in [0.25, 0.3) is 55.1 Å². The predicted octanol–water partition coefficient (Wildman–Crippen LogP) is 15.5. The van der Waals surface area contributed by atoms with E-state index in [1.165, 1.54) is 43.7 Å². The lowest BCUT2D eigenvalue weighted by Crippen LogP contribution is -2.14. The molecule has 3 nitrogen and oxygen atoms in total. The van der Waals surface area contributed by atoms with Gasteiger partial charge in [0.1, 0.15) is 0 Å². The summed E-state index contributed by atoms with van der Waals surface area (Å²) in [7, 11) is 0. The summed E-state index contributed by atoms with van der Waals surface area (Å²) in [4.78, 5) is 4.64. The summed E-state index contributed by atoms with van der Waals surface area (Å²) in [5.41, 5.74) is 13.4. The monoisotopic (exact) mass is 745 g/mol. The van der Waals surface area contributed by atoms with E-state index in [1.54, 1.807) is 6.08 Å². The second-order valence-electron chi connectivity index (χ2n) is 14.2. The molecule has 0 atom stereocenters. The lowest BCUT2D eigenvalue weighted by Gasteiger charge is -2.28. The average molecular weight is 746 g/mol. The van der Waals surface area contributed by atoms with Gasteiger partial charge in [-0.1, -0.05) is 159 Å². The number of benzene rings is 8. The molecule has 0 bridgehead atoms. The Labute approximate surface area is 340 Å². The molecule has 0 amide bonds. The molecule has 0 fully saturated rings. The van der Waals surface area contributed by atoms with Crippen LogP contribution < -0.4 is 9.80 Å². The second kappa shape index (κ2) is 15.9. The van der Waals surface area contributed by atoms with Gasteiger partial charge in [-0.05, 0) is 102 Å². The van der Waals surface area contributed by atoms with Crippen LogP contribution in [0.15, 0.2) is 232 Å².